The molecule has 14 heavy (non-hydrogen) atoms. The van der Waals surface area contributed by atoms with Crippen molar-refractivity contribution in [2.75, 3.05) is 13.2 Å². The minimum atomic E-state index is -0.223. The fourth-order valence-electron chi connectivity index (χ4n) is 1.67. The molecule has 1 aliphatic rings. The van der Waals surface area contributed by atoms with Crippen molar-refractivity contribution in [1.29, 1.82) is 0 Å². The van der Waals surface area contributed by atoms with Gasteiger partial charge < -0.3 is 4.74 Å². The Morgan fingerprint density at radius 3 is 3.00 bits per heavy atom. The van der Waals surface area contributed by atoms with E-state index in [4.69, 9.17) is 4.74 Å². The average Bonchev–Trinajstić information content (AvgIpc) is 2.46. The molecule has 4 heteroatoms. The molecule has 3 nitrogen and oxygen atoms in total. The number of benzene rings is 1. The minimum absolute atomic E-state index is 0.223. The molecule has 1 aromatic heterocycles. The van der Waals surface area contributed by atoms with Gasteiger partial charge in [0.15, 0.2) is 0 Å². The lowest BCUT2D eigenvalue weighted by Crippen LogP contribution is -2.31. The van der Waals surface area contributed by atoms with Crippen LogP contribution in [0, 0.1) is 5.82 Å². The number of hydrogen-bond acceptors (Lipinski definition) is 2. The molecule has 0 bridgehead atoms. The van der Waals surface area contributed by atoms with Crippen LogP contribution in [0.3, 0.4) is 0 Å². The van der Waals surface area contributed by atoms with Crippen molar-refractivity contribution in [1.82, 2.24) is 9.78 Å². The van der Waals surface area contributed by atoms with Crippen LogP contribution >= 0.6 is 0 Å². The zero-order valence-corrected chi connectivity index (χ0v) is 7.48. The van der Waals surface area contributed by atoms with Crippen molar-refractivity contribution in [3.63, 3.8) is 0 Å². The summed E-state index contributed by atoms with van der Waals surface area (Å²) in [6.45, 7) is 1.35. The molecule has 0 N–H and O–H groups in total. The normalized spacial score (nSPS) is 17.2. The van der Waals surface area contributed by atoms with Gasteiger partial charge in [-0.05, 0) is 18.2 Å². The summed E-state index contributed by atoms with van der Waals surface area (Å²) >= 11 is 0. The van der Waals surface area contributed by atoms with Gasteiger partial charge in [-0.25, -0.2) is 4.39 Å². The first-order chi connectivity index (χ1) is 6.84. The molecular weight excluding hydrogens is 183 g/mol. The second-order valence-electron chi connectivity index (χ2n) is 3.48. The first-order valence-corrected chi connectivity index (χ1v) is 4.55. The van der Waals surface area contributed by atoms with Crippen molar-refractivity contribution >= 4 is 10.9 Å². The second kappa shape index (κ2) is 2.78. The van der Waals surface area contributed by atoms with Gasteiger partial charge in [0.1, 0.15) is 5.82 Å². The van der Waals surface area contributed by atoms with Crippen LogP contribution in [-0.4, -0.2) is 23.0 Å². The van der Waals surface area contributed by atoms with Gasteiger partial charge in [0.05, 0.1) is 31.0 Å². The monoisotopic (exact) mass is 192 g/mol. The Balaban J connectivity index is 2.18. The molecule has 0 saturated carbocycles. The fourth-order valence-corrected chi connectivity index (χ4v) is 1.67. The van der Waals surface area contributed by atoms with E-state index in [0.29, 0.717) is 13.2 Å². The molecule has 2 heterocycles. The molecule has 3 rings (SSSR count). The highest BCUT2D eigenvalue weighted by Gasteiger charge is 2.22. The number of nitrogens with zero attached hydrogens (tertiary/aromatic N) is 2. The minimum Gasteiger partial charge on any atom is -0.377 e. The standard InChI is InChI=1S/C10H9FN2O/c11-8-2-1-7-4-12-13(10(7)3-8)9-5-14-6-9/h1-4,9H,5-6H2. The summed E-state index contributed by atoms with van der Waals surface area (Å²) in [7, 11) is 0. The Kier molecular flexibility index (Phi) is 1.58. The maximum Gasteiger partial charge on any atom is 0.125 e. The number of hydrogen-bond donors (Lipinski definition) is 0. The third kappa shape index (κ3) is 1.04. The van der Waals surface area contributed by atoms with E-state index in [9.17, 15) is 4.39 Å². The van der Waals surface area contributed by atoms with Crippen molar-refractivity contribution in [3.05, 3.63) is 30.2 Å². The van der Waals surface area contributed by atoms with Crippen molar-refractivity contribution in [2.24, 2.45) is 0 Å². The molecule has 0 amide bonds. The van der Waals surface area contributed by atoms with E-state index in [2.05, 4.69) is 5.10 Å². The summed E-state index contributed by atoms with van der Waals surface area (Å²) in [4.78, 5) is 0. The van der Waals surface area contributed by atoms with Crippen LogP contribution in [0.2, 0.25) is 0 Å². The van der Waals surface area contributed by atoms with Crippen LogP contribution in [-0.2, 0) is 4.74 Å². The quantitative estimate of drug-likeness (QED) is 0.688. The molecule has 1 fully saturated rings. The van der Waals surface area contributed by atoms with Crippen LogP contribution in [0.5, 0.6) is 0 Å². The number of fused-ring (bicyclic) bond motifs is 1. The maximum absolute atomic E-state index is 13.0. The van der Waals surface area contributed by atoms with E-state index in [1.807, 2.05) is 4.68 Å². The Morgan fingerprint density at radius 2 is 2.29 bits per heavy atom. The molecule has 72 valence electrons. The van der Waals surface area contributed by atoms with Crippen LogP contribution < -0.4 is 0 Å². The predicted octanol–water partition coefficient (Wildman–Crippen LogP) is 1.75. The molecule has 1 saturated heterocycles. The summed E-state index contributed by atoms with van der Waals surface area (Å²) in [5.74, 6) is -0.223. The highest BCUT2D eigenvalue weighted by atomic mass is 19.1. The summed E-state index contributed by atoms with van der Waals surface area (Å²) in [6.07, 6.45) is 1.76. The highest BCUT2D eigenvalue weighted by Crippen LogP contribution is 2.23. The molecule has 1 aromatic carbocycles. The van der Waals surface area contributed by atoms with Crippen molar-refractivity contribution < 1.29 is 9.13 Å². The van der Waals surface area contributed by atoms with Gasteiger partial charge in [-0.3, -0.25) is 4.68 Å². The predicted molar refractivity (Wildman–Crippen MR) is 49.5 cm³/mol. The van der Waals surface area contributed by atoms with Crippen LogP contribution in [0.15, 0.2) is 24.4 Å². The zero-order valence-electron chi connectivity index (χ0n) is 7.48. The Morgan fingerprint density at radius 1 is 1.43 bits per heavy atom. The maximum atomic E-state index is 13.0. The Labute approximate surface area is 80.1 Å². The Hall–Kier alpha value is -1.42. The number of aromatic nitrogens is 2. The van der Waals surface area contributed by atoms with Gasteiger partial charge in [-0.1, -0.05) is 0 Å². The van der Waals surface area contributed by atoms with E-state index < -0.39 is 0 Å². The first-order valence-electron chi connectivity index (χ1n) is 4.55. The summed E-state index contributed by atoms with van der Waals surface area (Å²) in [6, 6.07) is 4.98. The van der Waals surface area contributed by atoms with Gasteiger partial charge in [0.2, 0.25) is 0 Å². The second-order valence-corrected chi connectivity index (χ2v) is 3.48. The van der Waals surface area contributed by atoms with Crippen LogP contribution in [0.4, 0.5) is 4.39 Å². The SMILES string of the molecule is Fc1ccc2cnn(C3COC3)c2c1. The smallest absolute Gasteiger partial charge is 0.125 e. The lowest BCUT2D eigenvalue weighted by atomic mass is 10.2. The highest BCUT2D eigenvalue weighted by molar-refractivity contribution is 5.78. The van der Waals surface area contributed by atoms with Crippen molar-refractivity contribution in [2.45, 2.75) is 6.04 Å². The fraction of sp³-hybridized carbons (Fsp3) is 0.300. The van der Waals surface area contributed by atoms with Gasteiger partial charge >= 0.3 is 0 Å². The molecule has 0 unspecified atom stereocenters. The Bertz CT molecular complexity index is 476. The molecule has 0 radical (unpaired) electrons. The van der Waals surface area contributed by atoms with Gasteiger partial charge in [0.25, 0.3) is 0 Å². The van der Waals surface area contributed by atoms with Gasteiger partial charge in [-0.2, -0.15) is 5.10 Å². The van der Waals surface area contributed by atoms with Gasteiger partial charge in [0, 0.05) is 5.39 Å². The van der Waals surface area contributed by atoms with E-state index in [-0.39, 0.29) is 11.9 Å². The van der Waals surface area contributed by atoms with E-state index in [1.165, 1.54) is 12.1 Å². The van der Waals surface area contributed by atoms with Crippen LogP contribution in [0.25, 0.3) is 10.9 Å². The molecular formula is C10H9FN2O. The summed E-state index contributed by atoms with van der Waals surface area (Å²) in [5, 5.41) is 5.20. The average molecular weight is 192 g/mol. The largest absolute Gasteiger partial charge is 0.377 e. The third-order valence-electron chi connectivity index (χ3n) is 2.53. The molecule has 0 atom stereocenters. The summed E-state index contributed by atoms with van der Waals surface area (Å²) in [5.41, 5.74) is 0.846. The number of halogens is 1. The first kappa shape index (κ1) is 7.94. The number of rotatable bonds is 1. The number of ether oxygens (including phenoxy) is 1. The zero-order chi connectivity index (χ0) is 9.54. The summed E-state index contributed by atoms with van der Waals surface area (Å²) < 4.78 is 19.9. The lowest BCUT2D eigenvalue weighted by Gasteiger charge is -2.26. The topological polar surface area (TPSA) is 27.1 Å². The van der Waals surface area contributed by atoms with Crippen molar-refractivity contribution in [3.8, 4) is 0 Å². The van der Waals surface area contributed by atoms with Crippen LogP contribution in [0.1, 0.15) is 6.04 Å². The molecule has 2 aromatic rings. The molecule has 0 spiro atoms. The third-order valence-corrected chi connectivity index (χ3v) is 2.53. The van der Waals surface area contributed by atoms with E-state index in [0.717, 1.165) is 10.9 Å². The van der Waals surface area contributed by atoms with E-state index >= 15 is 0 Å². The van der Waals surface area contributed by atoms with Gasteiger partial charge in [-0.15, -0.1) is 0 Å². The van der Waals surface area contributed by atoms with E-state index in [1.54, 1.807) is 12.3 Å². The molecule has 0 aliphatic carbocycles. The molecule has 1 aliphatic heterocycles. The lowest BCUT2D eigenvalue weighted by molar-refractivity contribution is -0.0266.